The molecule has 0 saturated heterocycles. The van der Waals surface area contributed by atoms with E-state index < -0.39 is 17.1 Å². The Morgan fingerprint density at radius 2 is 2.22 bits per heavy atom. The van der Waals surface area contributed by atoms with Gasteiger partial charge in [-0.15, -0.1) is 0 Å². The average Bonchev–Trinajstić information content (AvgIpc) is 2.80. The maximum atomic E-state index is 10.8. The smallest absolute Gasteiger partial charge is 0.297 e. The zero-order valence-corrected chi connectivity index (χ0v) is 10.0. The van der Waals surface area contributed by atoms with Crippen molar-refractivity contribution in [2.75, 3.05) is 5.75 Å². The van der Waals surface area contributed by atoms with Crippen molar-refractivity contribution in [3.05, 3.63) is 34.0 Å². The van der Waals surface area contributed by atoms with Crippen molar-refractivity contribution >= 4 is 29.2 Å². The Bertz CT molecular complexity index is 586. The summed E-state index contributed by atoms with van der Waals surface area (Å²) in [5, 5.41) is 37.0. The molecular weight excluding hydrogens is 258 g/mol. The molecule has 96 valence electrons. The summed E-state index contributed by atoms with van der Waals surface area (Å²) in [6.45, 7) is 0. The zero-order valence-electron chi connectivity index (χ0n) is 9.15. The van der Waals surface area contributed by atoms with Crippen LogP contribution >= 0.6 is 12.6 Å². The van der Waals surface area contributed by atoms with Gasteiger partial charge in [-0.1, -0.05) is 12.1 Å². The Labute approximate surface area is 107 Å². The Hall–Kier alpha value is -1.64. The number of aromatic amines is 1. The first-order valence-electron chi connectivity index (χ1n) is 5.14. The summed E-state index contributed by atoms with van der Waals surface area (Å²) < 4.78 is 0. The maximum Gasteiger partial charge on any atom is 0.297 e. The number of thiol groups is 1. The molecule has 18 heavy (non-hydrogen) atoms. The number of hydrogen-bond acceptors (Lipinski definition) is 6. The number of fused-ring (bicyclic) bond motifs is 1. The van der Waals surface area contributed by atoms with Gasteiger partial charge >= 0.3 is 0 Å². The van der Waals surface area contributed by atoms with E-state index in [1.807, 2.05) is 0 Å². The standard InChI is InChI=1S/C10H11N3O4S/c14-7(4-18)10(15)9-5-2-1-3-6(13(16)17)8(5)11-12-9/h1-3,7,10,14-15,18H,4H2,(H,11,12). The van der Waals surface area contributed by atoms with E-state index in [1.54, 1.807) is 6.07 Å². The van der Waals surface area contributed by atoms with Crippen LogP contribution in [0.5, 0.6) is 0 Å². The van der Waals surface area contributed by atoms with Gasteiger partial charge in [-0.2, -0.15) is 17.7 Å². The molecule has 1 aromatic carbocycles. The van der Waals surface area contributed by atoms with Crippen LogP contribution in [-0.4, -0.2) is 37.2 Å². The molecule has 0 fully saturated rings. The summed E-state index contributed by atoms with van der Waals surface area (Å²) in [5.74, 6) is 0.0661. The third kappa shape index (κ3) is 2.05. The lowest BCUT2D eigenvalue weighted by Crippen LogP contribution is -2.20. The van der Waals surface area contributed by atoms with Gasteiger partial charge in [0.2, 0.25) is 0 Å². The number of para-hydroxylation sites is 1. The van der Waals surface area contributed by atoms with E-state index in [-0.39, 0.29) is 22.7 Å². The van der Waals surface area contributed by atoms with E-state index in [0.29, 0.717) is 5.39 Å². The number of nitrogens with zero attached hydrogens (tertiary/aromatic N) is 2. The molecule has 8 heteroatoms. The zero-order chi connectivity index (χ0) is 13.3. The lowest BCUT2D eigenvalue weighted by molar-refractivity contribution is -0.383. The number of aromatic nitrogens is 2. The van der Waals surface area contributed by atoms with Crippen molar-refractivity contribution in [3.63, 3.8) is 0 Å². The van der Waals surface area contributed by atoms with E-state index >= 15 is 0 Å². The van der Waals surface area contributed by atoms with Crippen molar-refractivity contribution < 1.29 is 15.1 Å². The molecule has 2 rings (SSSR count). The molecule has 0 aliphatic heterocycles. The second kappa shape index (κ2) is 4.92. The number of rotatable bonds is 4. The molecule has 3 N–H and O–H groups in total. The van der Waals surface area contributed by atoms with Crippen molar-refractivity contribution in [3.8, 4) is 0 Å². The maximum absolute atomic E-state index is 10.8. The Kier molecular flexibility index (Phi) is 3.50. The molecule has 0 spiro atoms. The van der Waals surface area contributed by atoms with Crippen LogP contribution in [0.15, 0.2) is 18.2 Å². The predicted octanol–water partition coefficient (Wildman–Crippen LogP) is 0.795. The minimum Gasteiger partial charge on any atom is -0.389 e. The number of non-ortho nitro benzene ring substituents is 1. The molecule has 0 bridgehead atoms. The monoisotopic (exact) mass is 269 g/mol. The summed E-state index contributed by atoms with van der Waals surface area (Å²) in [4.78, 5) is 10.3. The fourth-order valence-corrected chi connectivity index (χ4v) is 1.91. The van der Waals surface area contributed by atoms with Crippen molar-refractivity contribution in [1.82, 2.24) is 10.2 Å². The van der Waals surface area contributed by atoms with Crippen LogP contribution in [0.4, 0.5) is 5.69 Å². The van der Waals surface area contributed by atoms with E-state index in [1.165, 1.54) is 12.1 Å². The highest BCUT2D eigenvalue weighted by molar-refractivity contribution is 7.80. The number of aliphatic hydroxyl groups is 2. The first kappa shape index (κ1) is 12.8. The molecule has 1 aromatic heterocycles. The first-order chi connectivity index (χ1) is 8.56. The van der Waals surface area contributed by atoms with Crippen LogP contribution < -0.4 is 0 Å². The molecule has 7 nitrogen and oxygen atoms in total. The van der Waals surface area contributed by atoms with E-state index in [0.717, 1.165) is 0 Å². The van der Waals surface area contributed by atoms with Gasteiger partial charge in [0.05, 0.1) is 16.7 Å². The van der Waals surface area contributed by atoms with Gasteiger partial charge < -0.3 is 10.2 Å². The summed E-state index contributed by atoms with van der Waals surface area (Å²) >= 11 is 3.88. The predicted molar refractivity (Wildman–Crippen MR) is 67.6 cm³/mol. The van der Waals surface area contributed by atoms with Crippen molar-refractivity contribution in [2.45, 2.75) is 12.2 Å². The number of nitrogens with one attached hydrogen (secondary N) is 1. The highest BCUT2D eigenvalue weighted by atomic mass is 32.1. The van der Waals surface area contributed by atoms with Crippen LogP contribution in [0, 0.1) is 10.1 Å². The fraction of sp³-hybridized carbons (Fsp3) is 0.300. The molecule has 2 unspecified atom stereocenters. The van der Waals surface area contributed by atoms with E-state index in [9.17, 15) is 20.3 Å². The topological polar surface area (TPSA) is 112 Å². The van der Waals surface area contributed by atoms with E-state index in [2.05, 4.69) is 22.8 Å². The third-order valence-corrected chi connectivity index (χ3v) is 3.01. The van der Waals surface area contributed by atoms with E-state index in [4.69, 9.17) is 0 Å². The van der Waals surface area contributed by atoms with Crippen LogP contribution in [0.3, 0.4) is 0 Å². The number of aliphatic hydroxyl groups excluding tert-OH is 2. The summed E-state index contributed by atoms with van der Waals surface area (Å²) in [7, 11) is 0. The fourth-order valence-electron chi connectivity index (χ4n) is 1.71. The Morgan fingerprint density at radius 3 is 2.83 bits per heavy atom. The number of nitro groups is 1. The molecule has 0 aliphatic carbocycles. The Balaban J connectivity index is 2.55. The first-order valence-corrected chi connectivity index (χ1v) is 5.78. The molecule has 1 heterocycles. The molecule has 0 radical (unpaired) electrons. The third-order valence-electron chi connectivity index (χ3n) is 2.64. The SMILES string of the molecule is O=[N+]([O-])c1cccc2c(C(O)C(O)CS)[nH]nc12. The van der Waals surface area contributed by atoms with Gasteiger partial charge in [0.15, 0.2) is 5.52 Å². The highest BCUT2D eigenvalue weighted by Gasteiger charge is 2.24. The van der Waals surface area contributed by atoms with Crippen LogP contribution in [0.2, 0.25) is 0 Å². The van der Waals surface area contributed by atoms with Crippen LogP contribution in [-0.2, 0) is 0 Å². The molecule has 0 amide bonds. The van der Waals surface area contributed by atoms with Crippen LogP contribution in [0.1, 0.15) is 11.8 Å². The lowest BCUT2D eigenvalue weighted by atomic mass is 10.1. The molecule has 0 saturated carbocycles. The van der Waals surface area contributed by atoms with Crippen molar-refractivity contribution in [2.24, 2.45) is 0 Å². The van der Waals surface area contributed by atoms with Gasteiger partial charge in [0, 0.05) is 17.2 Å². The summed E-state index contributed by atoms with van der Waals surface area (Å²) in [6.07, 6.45) is -2.29. The Morgan fingerprint density at radius 1 is 1.50 bits per heavy atom. The van der Waals surface area contributed by atoms with Gasteiger partial charge in [-0.25, -0.2) is 0 Å². The van der Waals surface area contributed by atoms with Gasteiger partial charge in [-0.05, 0) is 0 Å². The number of hydrogen-bond donors (Lipinski definition) is 4. The summed E-state index contributed by atoms with van der Waals surface area (Å²) in [5.41, 5.74) is 0.251. The highest BCUT2D eigenvalue weighted by Crippen LogP contribution is 2.29. The largest absolute Gasteiger partial charge is 0.389 e. The lowest BCUT2D eigenvalue weighted by Gasteiger charge is -2.14. The second-order valence-corrected chi connectivity index (χ2v) is 4.13. The number of H-pyrrole nitrogens is 1. The normalized spacial score (nSPS) is 14.6. The van der Waals surface area contributed by atoms with Gasteiger partial charge in [0.25, 0.3) is 5.69 Å². The second-order valence-electron chi connectivity index (χ2n) is 3.76. The summed E-state index contributed by atoms with van der Waals surface area (Å²) in [6, 6.07) is 4.42. The van der Waals surface area contributed by atoms with Crippen molar-refractivity contribution in [1.29, 1.82) is 0 Å². The number of nitro benzene ring substituents is 1. The molecule has 0 aliphatic rings. The van der Waals surface area contributed by atoms with Gasteiger partial charge in [-0.3, -0.25) is 15.2 Å². The molecular formula is C10H11N3O4S. The minimum absolute atomic E-state index is 0.0661. The molecule has 2 aromatic rings. The number of benzene rings is 1. The van der Waals surface area contributed by atoms with Crippen LogP contribution in [0.25, 0.3) is 10.9 Å². The average molecular weight is 269 g/mol. The molecule has 2 atom stereocenters. The minimum atomic E-state index is -1.21. The van der Waals surface area contributed by atoms with Gasteiger partial charge in [0.1, 0.15) is 6.10 Å². The quantitative estimate of drug-likeness (QED) is 0.372.